The van der Waals surface area contributed by atoms with E-state index in [1.165, 1.54) is 9.78 Å². The Morgan fingerprint density at radius 2 is 2.04 bits per heavy atom. The second-order valence-corrected chi connectivity index (χ2v) is 7.64. The first-order valence-electron chi connectivity index (χ1n) is 9.07. The Hall–Kier alpha value is -2.58. The highest BCUT2D eigenvalue weighted by Gasteiger charge is 2.32. The molecule has 1 fully saturated rings. The standard InChI is InChI=1S/C19H21N3O4S/c23-18(12-22-7-1-3-14(22)17-4-2-10-27-17)21-19(24)20-13-5-6-15-16(11-13)26-9-8-25-15/h2,4-6,10-11,14H,1,3,7-9,12H2,(H2,20,21,23,24)/p+1/t14-/m0/s1. The number of carbonyl (C=O) groups excluding carboxylic acids is 2. The van der Waals surface area contributed by atoms with Gasteiger partial charge in [0.2, 0.25) is 0 Å². The fourth-order valence-corrected chi connectivity index (χ4v) is 4.54. The molecule has 1 aromatic carbocycles. The highest BCUT2D eigenvalue weighted by atomic mass is 32.1. The Kier molecular flexibility index (Phi) is 5.26. The molecule has 7 nitrogen and oxygen atoms in total. The summed E-state index contributed by atoms with van der Waals surface area (Å²) in [5.74, 6) is 0.967. The van der Waals surface area contributed by atoms with Gasteiger partial charge in [0.05, 0.1) is 11.4 Å². The van der Waals surface area contributed by atoms with Crippen LogP contribution >= 0.6 is 11.3 Å². The average molecular weight is 388 g/mol. The number of quaternary nitrogens is 1. The topological polar surface area (TPSA) is 81.1 Å². The normalized spacial score (nSPS) is 20.9. The molecule has 2 aliphatic heterocycles. The molecule has 0 radical (unpaired) electrons. The maximum Gasteiger partial charge on any atom is 0.326 e. The quantitative estimate of drug-likeness (QED) is 0.743. The minimum atomic E-state index is -0.539. The number of carbonyl (C=O) groups is 2. The summed E-state index contributed by atoms with van der Waals surface area (Å²) >= 11 is 1.72. The summed E-state index contributed by atoms with van der Waals surface area (Å²) in [6.07, 6.45) is 2.17. The number of nitrogens with one attached hydrogen (secondary N) is 3. The highest BCUT2D eigenvalue weighted by molar-refractivity contribution is 7.10. The first-order valence-corrected chi connectivity index (χ1v) is 9.95. The molecule has 1 saturated heterocycles. The van der Waals surface area contributed by atoms with Gasteiger partial charge >= 0.3 is 6.03 Å². The second-order valence-electron chi connectivity index (χ2n) is 6.66. The average Bonchev–Trinajstić information content (AvgIpc) is 3.32. The molecule has 1 unspecified atom stereocenters. The van der Waals surface area contributed by atoms with E-state index >= 15 is 0 Å². The molecule has 3 N–H and O–H groups in total. The second kappa shape index (κ2) is 7.98. The van der Waals surface area contributed by atoms with Crippen LogP contribution in [0.4, 0.5) is 10.5 Å². The van der Waals surface area contributed by atoms with E-state index in [1.54, 1.807) is 29.5 Å². The van der Waals surface area contributed by atoms with Crippen LogP contribution in [0.15, 0.2) is 35.7 Å². The fraction of sp³-hybridized carbons (Fsp3) is 0.368. The molecule has 3 heterocycles. The van der Waals surface area contributed by atoms with Crippen LogP contribution in [0.2, 0.25) is 0 Å². The zero-order chi connectivity index (χ0) is 18.6. The Morgan fingerprint density at radius 3 is 2.85 bits per heavy atom. The molecule has 1 aromatic heterocycles. The van der Waals surface area contributed by atoms with Crippen molar-refractivity contribution in [2.24, 2.45) is 0 Å². The van der Waals surface area contributed by atoms with Crippen molar-refractivity contribution >= 4 is 29.0 Å². The van der Waals surface area contributed by atoms with Crippen LogP contribution in [0.5, 0.6) is 11.5 Å². The molecular formula is C19H22N3O4S+. The number of benzene rings is 1. The van der Waals surface area contributed by atoms with E-state index in [9.17, 15) is 9.59 Å². The van der Waals surface area contributed by atoms with E-state index in [2.05, 4.69) is 22.1 Å². The van der Waals surface area contributed by atoms with Crippen LogP contribution in [0.25, 0.3) is 0 Å². The number of thiophene rings is 1. The van der Waals surface area contributed by atoms with Crippen LogP contribution in [0.3, 0.4) is 0 Å². The maximum absolute atomic E-state index is 12.3. The van der Waals surface area contributed by atoms with Gasteiger partial charge in [-0.15, -0.1) is 11.3 Å². The third-order valence-corrected chi connectivity index (χ3v) is 5.80. The Balaban J connectivity index is 1.31. The van der Waals surface area contributed by atoms with Crippen molar-refractivity contribution in [1.29, 1.82) is 0 Å². The number of hydrogen-bond donors (Lipinski definition) is 3. The third-order valence-electron chi connectivity index (χ3n) is 4.81. The van der Waals surface area contributed by atoms with E-state index in [0.29, 0.717) is 36.4 Å². The number of likely N-dealkylation sites (tertiary alicyclic amines) is 1. The number of fused-ring (bicyclic) bond motifs is 1. The molecule has 4 rings (SSSR count). The highest BCUT2D eigenvalue weighted by Crippen LogP contribution is 2.32. The molecule has 142 valence electrons. The van der Waals surface area contributed by atoms with Gasteiger partial charge in [-0.05, 0) is 23.6 Å². The molecule has 0 bridgehead atoms. The SMILES string of the molecule is O=C(C[NH+]1CCC[C@H]1c1cccs1)NC(=O)Nc1ccc2c(c1)OCCO2. The lowest BCUT2D eigenvalue weighted by Crippen LogP contribution is -3.11. The van der Waals surface area contributed by atoms with Crippen molar-refractivity contribution in [3.8, 4) is 11.5 Å². The van der Waals surface area contributed by atoms with Gasteiger partial charge in [-0.1, -0.05) is 6.07 Å². The van der Waals surface area contributed by atoms with Crippen LogP contribution in [0, 0.1) is 0 Å². The monoisotopic (exact) mass is 388 g/mol. The van der Waals surface area contributed by atoms with Crippen molar-refractivity contribution in [3.63, 3.8) is 0 Å². The van der Waals surface area contributed by atoms with Gasteiger partial charge in [-0.2, -0.15) is 0 Å². The number of rotatable bonds is 4. The number of anilines is 1. The maximum atomic E-state index is 12.3. The fourth-order valence-electron chi connectivity index (χ4n) is 3.62. The van der Waals surface area contributed by atoms with E-state index in [4.69, 9.17) is 9.47 Å². The number of imide groups is 1. The van der Waals surface area contributed by atoms with Gasteiger partial charge in [0.15, 0.2) is 18.0 Å². The summed E-state index contributed by atoms with van der Waals surface area (Å²) in [6.45, 7) is 2.22. The number of ether oxygens (including phenoxy) is 2. The van der Waals surface area contributed by atoms with E-state index < -0.39 is 6.03 Å². The number of hydrogen-bond acceptors (Lipinski definition) is 5. The molecule has 0 spiro atoms. The Labute approximate surface area is 161 Å². The van der Waals surface area contributed by atoms with Crippen molar-refractivity contribution in [2.75, 3.05) is 31.6 Å². The molecule has 3 amide bonds. The lowest BCUT2D eigenvalue weighted by Gasteiger charge is -2.20. The van der Waals surface area contributed by atoms with Gasteiger partial charge in [0.25, 0.3) is 5.91 Å². The first kappa shape index (κ1) is 17.8. The van der Waals surface area contributed by atoms with Gasteiger partial charge in [0, 0.05) is 24.6 Å². The molecule has 0 saturated carbocycles. The molecule has 8 heteroatoms. The lowest BCUT2D eigenvalue weighted by molar-refractivity contribution is -0.910. The Bertz CT molecular complexity index is 824. The van der Waals surface area contributed by atoms with Crippen molar-refractivity contribution in [1.82, 2.24) is 5.32 Å². The summed E-state index contributed by atoms with van der Waals surface area (Å²) in [6, 6.07) is 9.11. The largest absolute Gasteiger partial charge is 0.486 e. The van der Waals surface area contributed by atoms with Crippen LogP contribution in [-0.4, -0.2) is 38.2 Å². The van der Waals surface area contributed by atoms with Crippen molar-refractivity contribution in [3.05, 3.63) is 40.6 Å². The van der Waals surface area contributed by atoms with Gasteiger partial charge in [-0.3, -0.25) is 10.1 Å². The van der Waals surface area contributed by atoms with Gasteiger partial charge in [-0.25, -0.2) is 4.79 Å². The van der Waals surface area contributed by atoms with Crippen LogP contribution < -0.4 is 25.0 Å². The zero-order valence-corrected chi connectivity index (χ0v) is 15.6. The van der Waals surface area contributed by atoms with Crippen molar-refractivity contribution < 1.29 is 24.0 Å². The molecule has 27 heavy (non-hydrogen) atoms. The Morgan fingerprint density at radius 1 is 1.19 bits per heavy atom. The van der Waals surface area contributed by atoms with E-state index in [1.807, 2.05) is 6.07 Å². The summed E-state index contributed by atoms with van der Waals surface area (Å²) in [7, 11) is 0. The third kappa shape index (κ3) is 4.23. The zero-order valence-electron chi connectivity index (χ0n) is 14.8. The predicted octanol–water partition coefficient (Wildman–Crippen LogP) is 1.59. The van der Waals surface area contributed by atoms with Crippen LogP contribution in [-0.2, 0) is 4.79 Å². The summed E-state index contributed by atoms with van der Waals surface area (Å²) in [5, 5.41) is 7.16. The smallest absolute Gasteiger partial charge is 0.326 e. The summed E-state index contributed by atoms with van der Waals surface area (Å²) < 4.78 is 11.0. The number of amides is 3. The summed E-state index contributed by atoms with van der Waals surface area (Å²) in [5.41, 5.74) is 0.550. The van der Waals surface area contributed by atoms with E-state index in [0.717, 1.165) is 19.4 Å². The van der Waals surface area contributed by atoms with Gasteiger partial charge < -0.3 is 19.7 Å². The van der Waals surface area contributed by atoms with E-state index in [-0.39, 0.29) is 12.5 Å². The number of urea groups is 1. The van der Waals surface area contributed by atoms with Crippen molar-refractivity contribution in [2.45, 2.75) is 18.9 Å². The minimum Gasteiger partial charge on any atom is -0.486 e. The molecule has 2 atom stereocenters. The van der Waals surface area contributed by atoms with Gasteiger partial charge in [0.1, 0.15) is 19.3 Å². The predicted molar refractivity (Wildman–Crippen MR) is 102 cm³/mol. The molecule has 2 aliphatic rings. The molecule has 2 aromatic rings. The molecule has 0 aliphatic carbocycles. The summed E-state index contributed by atoms with van der Waals surface area (Å²) in [4.78, 5) is 27.0. The lowest BCUT2D eigenvalue weighted by atomic mass is 10.2. The van der Waals surface area contributed by atoms with Crippen LogP contribution in [0.1, 0.15) is 23.8 Å². The molecular weight excluding hydrogens is 366 g/mol. The minimum absolute atomic E-state index is 0.275. The first-order chi connectivity index (χ1) is 13.2.